The van der Waals surface area contributed by atoms with Crippen LogP contribution in [0.5, 0.6) is 0 Å². The van der Waals surface area contributed by atoms with E-state index < -0.39 is 8.07 Å². The van der Waals surface area contributed by atoms with E-state index in [2.05, 4.69) is 19.6 Å². The lowest BCUT2D eigenvalue weighted by molar-refractivity contribution is -0.0267. The first-order valence-corrected chi connectivity index (χ1v) is 9.49. The van der Waals surface area contributed by atoms with Gasteiger partial charge in [0, 0.05) is 14.7 Å². The SMILES string of the molecule is C[Si](C)(C)CC[C@@H]1OCCCC[C@H]1O. The Balaban J connectivity index is 2.33. The second-order valence-electron chi connectivity index (χ2n) is 5.57. The van der Waals surface area contributed by atoms with Crippen LogP contribution in [0.3, 0.4) is 0 Å². The molecule has 0 aromatic rings. The van der Waals surface area contributed by atoms with Crippen LogP contribution in [0, 0.1) is 0 Å². The van der Waals surface area contributed by atoms with Crippen molar-refractivity contribution in [2.45, 2.75) is 63.6 Å². The van der Waals surface area contributed by atoms with Gasteiger partial charge in [-0.2, -0.15) is 0 Å². The molecule has 1 aliphatic rings. The summed E-state index contributed by atoms with van der Waals surface area (Å²) < 4.78 is 5.68. The normalized spacial score (nSPS) is 30.0. The summed E-state index contributed by atoms with van der Waals surface area (Å²) in [6, 6.07) is 1.26. The first-order chi connectivity index (χ1) is 6.49. The molecule has 0 unspecified atom stereocenters. The fourth-order valence-electron chi connectivity index (χ4n) is 1.84. The monoisotopic (exact) mass is 216 g/mol. The highest BCUT2D eigenvalue weighted by atomic mass is 28.3. The number of hydrogen-bond acceptors (Lipinski definition) is 2. The number of rotatable bonds is 3. The fraction of sp³-hybridized carbons (Fsp3) is 1.00. The van der Waals surface area contributed by atoms with Gasteiger partial charge < -0.3 is 9.84 Å². The quantitative estimate of drug-likeness (QED) is 0.735. The number of aliphatic hydroxyl groups is 1. The Kier molecular flexibility index (Phi) is 4.61. The zero-order chi connectivity index (χ0) is 10.6. The fourth-order valence-corrected chi connectivity index (χ4v) is 2.99. The van der Waals surface area contributed by atoms with E-state index in [9.17, 15) is 5.11 Å². The molecule has 0 bridgehead atoms. The highest BCUT2D eigenvalue weighted by Crippen LogP contribution is 2.21. The van der Waals surface area contributed by atoms with Crippen LogP contribution in [0.25, 0.3) is 0 Å². The summed E-state index contributed by atoms with van der Waals surface area (Å²) in [6.07, 6.45) is 4.11. The zero-order valence-corrected chi connectivity index (χ0v) is 10.8. The van der Waals surface area contributed by atoms with Gasteiger partial charge in [0.1, 0.15) is 0 Å². The van der Waals surface area contributed by atoms with Crippen molar-refractivity contribution in [3.05, 3.63) is 0 Å². The van der Waals surface area contributed by atoms with E-state index in [1.807, 2.05) is 0 Å². The standard InChI is InChI=1S/C11H24O2Si/c1-14(2,3)9-7-11-10(12)6-4-5-8-13-11/h10-12H,4-9H2,1-3H3/t10-,11+/m1/s1. The van der Waals surface area contributed by atoms with Gasteiger partial charge in [0.15, 0.2) is 0 Å². The average molecular weight is 216 g/mol. The zero-order valence-electron chi connectivity index (χ0n) is 9.75. The smallest absolute Gasteiger partial charge is 0.0831 e. The molecular formula is C11H24O2Si. The van der Waals surface area contributed by atoms with E-state index in [0.717, 1.165) is 32.3 Å². The molecule has 1 saturated heterocycles. The summed E-state index contributed by atoms with van der Waals surface area (Å²) in [7, 11) is -0.978. The summed E-state index contributed by atoms with van der Waals surface area (Å²) in [6.45, 7) is 7.95. The van der Waals surface area contributed by atoms with Crippen LogP contribution < -0.4 is 0 Å². The van der Waals surface area contributed by atoms with Gasteiger partial charge in [0.05, 0.1) is 12.2 Å². The maximum atomic E-state index is 9.84. The minimum Gasteiger partial charge on any atom is -0.390 e. The molecule has 0 amide bonds. The van der Waals surface area contributed by atoms with E-state index in [1.54, 1.807) is 0 Å². The first kappa shape index (κ1) is 12.2. The van der Waals surface area contributed by atoms with Gasteiger partial charge in [-0.1, -0.05) is 25.7 Å². The Bertz CT molecular complexity index is 165. The van der Waals surface area contributed by atoms with Crippen molar-refractivity contribution in [2.75, 3.05) is 6.61 Å². The molecule has 2 nitrogen and oxygen atoms in total. The minimum absolute atomic E-state index is 0.115. The molecule has 0 aromatic carbocycles. The molecule has 1 N–H and O–H groups in total. The summed E-state index contributed by atoms with van der Waals surface area (Å²) in [4.78, 5) is 0. The Morgan fingerprint density at radius 3 is 2.64 bits per heavy atom. The number of hydrogen-bond donors (Lipinski definition) is 1. The highest BCUT2D eigenvalue weighted by Gasteiger charge is 2.24. The molecule has 0 saturated carbocycles. The molecule has 1 heterocycles. The van der Waals surface area contributed by atoms with E-state index in [-0.39, 0.29) is 12.2 Å². The van der Waals surface area contributed by atoms with Crippen LogP contribution in [-0.2, 0) is 4.74 Å². The lowest BCUT2D eigenvalue weighted by Gasteiger charge is -2.24. The number of ether oxygens (including phenoxy) is 1. The van der Waals surface area contributed by atoms with Crippen molar-refractivity contribution < 1.29 is 9.84 Å². The molecule has 1 rings (SSSR count). The van der Waals surface area contributed by atoms with Crippen molar-refractivity contribution in [1.82, 2.24) is 0 Å². The Morgan fingerprint density at radius 2 is 2.00 bits per heavy atom. The van der Waals surface area contributed by atoms with Crippen molar-refractivity contribution in [3.63, 3.8) is 0 Å². The second kappa shape index (κ2) is 5.28. The van der Waals surface area contributed by atoms with Crippen molar-refractivity contribution in [1.29, 1.82) is 0 Å². The van der Waals surface area contributed by atoms with Crippen LogP contribution in [-0.4, -0.2) is 32.0 Å². The molecule has 2 atom stereocenters. The van der Waals surface area contributed by atoms with E-state index in [4.69, 9.17) is 4.74 Å². The molecule has 0 spiro atoms. The number of aliphatic hydroxyl groups excluding tert-OH is 1. The molecule has 0 aliphatic carbocycles. The Labute approximate surface area is 88.7 Å². The maximum absolute atomic E-state index is 9.84. The predicted molar refractivity (Wildman–Crippen MR) is 62.4 cm³/mol. The molecular weight excluding hydrogens is 192 g/mol. The summed E-state index contributed by atoms with van der Waals surface area (Å²) in [5.74, 6) is 0. The second-order valence-corrected chi connectivity index (χ2v) is 11.2. The maximum Gasteiger partial charge on any atom is 0.0831 e. The molecule has 0 radical (unpaired) electrons. The molecule has 3 heteroatoms. The van der Waals surface area contributed by atoms with Gasteiger partial charge in [-0.15, -0.1) is 0 Å². The Morgan fingerprint density at radius 1 is 1.29 bits per heavy atom. The molecule has 0 aromatic heterocycles. The van der Waals surface area contributed by atoms with Gasteiger partial charge in [-0.05, 0) is 25.7 Å². The Hall–Kier alpha value is 0.137. The third-order valence-electron chi connectivity index (χ3n) is 2.83. The van der Waals surface area contributed by atoms with Gasteiger partial charge in [-0.3, -0.25) is 0 Å². The lowest BCUT2D eigenvalue weighted by Crippen LogP contribution is -2.30. The third-order valence-corrected chi connectivity index (χ3v) is 4.62. The van der Waals surface area contributed by atoms with Gasteiger partial charge >= 0.3 is 0 Å². The van der Waals surface area contributed by atoms with Crippen molar-refractivity contribution in [2.24, 2.45) is 0 Å². The van der Waals surface area contributed by atoms with Gasteiger partial charge in [-0.25, -0.2) is 0 Å². The predicted octanol–water partition coefficient (Wildman–Crippen LogP) is 2.64. The highest BCUT2D eigenvalue weighted by molar-refractivity contribution is 6.76. The van der Waals surface area contributed by atoms with Crippen molar-refractivity contribution in [3.8, 4) is 0 Å². The lowest BCUT2D eigenvalue weighted by atomic mass is 10.1. The van der Waals surface area contributed by atoms with Crippen LogP contribution >= 0.6 is 0 Å². The van der Waals surface area contributed by atoms with Crippen LogP contribution in [0.15, 0.2) is 0 Å². The molecule has 1 aliphatic heterocycles. The summed E-state index contributed by atoms with van der Waals surface area (Å²) in [5, 5.41) is 9.84. The largest absolute Gasteiger partial charge is 0.390 e. The molecule has 14 heavy (non-hydrogen) atoms. The van der Waals surface area contributed by atoms with E-state index in [1.165, 1.54) is 6.04 Å². The summed E-state index contributed by atoms with van der Waals surface area (Å²) in [5.41, 5.74) is 0. The van der Waals surface area contributed by atoms with Crippen LogP contribution in [0.2, 0.25) is 25.7 Å². The third kappa shape index (κ3) is 4.58. The molecule has 84 valence electrons. The minimum atomic E-state index is -0.978. The topological polar surface area (TPSA) is 29.5 Å². The average Bonchev–Trinajstić information content (AvgIpc) is 2.25. The van der Waals surface area contributed by atoms with Gasteiger partial charge in [0.25, 0.3) is 0 Å². The molecule has 1 fully saturated rings. The van der Waals surface area contributed by atoms with E-state index >= 15 is 0 Å². The van der Waals surface area contributed by atoms with Gasteiger partial charge in [0.2, 0.25) is 0 Å². The van der Waals surface area contributed by atoms with E-state index in [0.29, 0.717) is 0 Å². The first-order valence-electron chi connectivity index (χ1n) is 5.79. The van der Waals surface area contributed by atoms with Crippen molar-refractivity contribution >= 4 is 8.07 Å². The van der Waals surface area contributed by atoms with Crippen LogP contribution in [0.1, 0.15) is 25.7 Å². The van der Waals surface area contributed by atoms with Crippen LogP contribution in [0.4, 0.5) is 0 Å². The summed E-state index contributed by atoms with van der Waals surface area (Å²) >= 11 is 0.